The molecule has 0 aliphatic heterocycles. The van der Waals surface area contributed by atoms with Gasteiger partial charge in [0.05, 0.1) is 11.9 Å². The Kier molecular flexibility index (Phi) is 7.47. The van der Waals surface area contributed by atoms with Crippen molar-refractivity contribution in [2.75, 3.05) is 25.0 Å². The average molecular weight is 266 g/mol. The van der Waals surface area contributed by atoms with Gasteiger partial charge in [-0.25, -0.2) is 0 Å². The molecule has 0 radical (unpaired) electrons. The van der Waals surface area contributed by atoms with Gasteiger partial charge < -0.3 is 9.64 Å². The summed E-state index contributed by atoms with van der Waals surface area (Å²) in [4.78, 5) is 23.9. The molecule has 0 fully saturated rings. The topological polar surface area (TPSA) is 46.6 Å². The monoisotopic (exact) mass is 265 g/mol. The summed E-state index contributed by atoms with van der Waals surface area (Å²) < 4.78 is 4.77. The average Bonchev–Trinajstić information content (AvgIpc) is 2.16. The maximum absolute atomic E-state index is 11.3. The van der Waals surface area contributed by atoms with Crippen molar-refractivity contribution in [3.63, 3.8) is 0 Å². The molecule has 0 saturated carbocycles. The van der Waals surface area contributed by atoms with Crippen LogP contribution in [0.15, 0.2) is 0 Å². The number of rotatable bonds is 6. The van der Waals surface area contributed by atoms with E-state index >= 15 is 0 Å². The number of hydrogen-bond acceptors (Lipinski definition) is 3. The maximum Gasteiger partial charge on any atom is 0.325 e. The van der Waals surface area contributed by atoms with Crippen LogP contribution in [0.1, 0.15) is 20.3 Å². The first-order valence-corrected chi connectivity index (χ1v) is 5.77. The highest BCUT2D eigenvalue weighted by atomic mass is 79.9. The van der Waals surface area contributed by atoms with Gasteiger partial charge in [0, 0.05) is 6.54 Å². The second kappa shape index (κ2) is 7.79. The number of carbonyl (C=O) groups excluding carboxylic acids is 2. The molecule has 0 atom stereocenters. The SMILES string of the molecule is CCCN(CC(=O)OCC)C(=O)CBr. The zero-order valence-corrected chi connectivity index (χ0v) is 10.2. The van der Waals surface area contributed by atoms with Crippen LogP contribution < -0.4 is 0 Å². The van der Waals surface area contributed by atoms with Crippen LogP contribution in [0.3, 0.4) is 0 Å². The van der Waals surface area contributed by atoms with E-state index in [0.717, 1.165) is 6.42 Å². The lowest BCUT2D eigenvalue weighted by atomic mass is 10.4. The van der Waals surface area contributed by atoms with E-state index in [4.69, 9.17) is 4.74 Å². The third-order valence-electron chi connectivity index (χ3n) is 1.59. The minimum Gasteiger partial charge on any atom is -0.465 e. The molecule has 0 aromatic heterocycles. The standard InChI is InChI=1S/C9H16BrNO3/c1-3-5-11(8(12)6-10)7-9(13)14-4-2/h3-7H2,1-2H3. The van der Waals surface area contributed by atoms with Gasteiger partial charge >= 0.3 is 5.97 Å². The predicted octanol–water partition coefficient (Wildman–Crippen LogP) is 1.18. The minimum absolute atomic E-state index is 0.0477. The van der Waals surface area contributed by atoms with E-state index < -0.39 is 0 Å². The number of alkyl halides is 1. The Balaban J connectivity index is 4.08. The van der Waals surface area contributed by atoms with Crippen molar-refractivity contribution < 1.29 is 14.3 Å². The molecule has 0 aliphatic rings. The zero-order valence-electron chi connectivity index (χ0n) is 8.59. The molecular weight excluding hydrogens is 250 g/mol. The Hall–Kier alpha value is -0.580. The molecule has 0 bridgehead atoms. The van der Waals surface area contributed by atoms with Gasteiger partial charge in [-0.15, -0.1) is 0 Å². The Bertz CT molecular complexity index is 196. The largest absolute Gasteiger partial charge is 0.465 e. The van der Waals surface area contributed by atoms with Gasteiger partial charge in [0.2, 0.25) is 5.91 Å². The molecular formula is C9H16BrNO3. The van der Waals surface area contributed by atoms with E-state index in [2.05, 4.69) is 15.9 Å². The van der Waals surface area contributed by atoms with E-state index in [0.29, 0.717) is 13.2 Å². The zero-order chi connectivity index (χ0) is 11.0. The maximum atomic E-state index is 11.3. The molecule has 0 aromatic carbocycles. The molecule has 5 heteroatoms. The summed E-state index contributed by atoms with van der Waals surface area (Å²) >= 11 is 3.07. The number of esters is 1. The fourth-order valence-corrected chi connectivity index (χ4v) is 1.36. The number of carbonyl (C=O) groups is 2. The van der Waals surface area contributed by atoms with Gasteiger partial charge in [0.25, 0.3) is 0 Å². The Morgan fingerprint density at radius 2 is 2.00 bits per heavy atom. The Morgan fingerprint density at radius 3 is 2.43 bits per heavy atom. The van der Waals surface area contributed by atoms with Crippen molar-refractivity contribution in [1.29, 1.82) is 0 Å². The van der Waals surface area contributed by atoms with E-state index in [9.17, 15) is 9.59 Å². The highest BCUT2D eigenvalue weighted by molar-refractivity contribution is 9.09. The van der Waals surface area contributed by atoms with Gasteiger partial charge in [-0.05, 0) is 13.3 Å². The Labute approximate surface area is 92.7 Å². The highest BCUT2D eigenvalue weighted by Gasteiger charge is 2.15. The minimum atomic E-state index is -0.352. The van der Waals surface area contributed by atoms with E-state index in [-0.39, 0.29) is 23.8 Å². The molecule has 0 spiro atoms. The van der Waals surface area contributed by atoms with E-state index in [1.54, 1.807) is 6.92 Å². The normalized spacial score (nSPS) is 9.64. The number of halogens is 1. The lowest BCUT2D eigenvalue weighted by Gasteiger charge is -2.19. The highest BCUT2D eigenvalue weighted by Crippen LogP contribution is 1.97. The first kappa shape index (κ1) is 13.4. The van der Waals surface area contributed by atoms with Gasteiger partial charge in [0.15, 0.2) is 0 Å². The summed E-state index contributed by atoms with van der Waals surface area (Å²) in [5.74, 6) is -0.435. The smallest absolute Gasteiger partial charge is 0.325 e. The molecule has 0 unspecified atom stereocenters. The van der Waals surface area contributed by atoms with Crippen molar-refractivity contribution >= 4 is 27.8 Å². The van der Waals surface area contributed by atoms with Gasteiger partial charge in [0.1, 0.15) is 6.54 Å². The molecule has 0 aromatic rings. The second-order valence-corrected chi connectivity index (χ2v) is 3.31. The van der Waals surface area contributed by atoms with Crippen molar-refractivity contribution in [2.24, 2.45) is 0 Å². The molecule has 1 amide bonds. The summed E-state index contributed by atoms with van der Waals surface area (Å²) in [6, 6.07) is 0. The van der Waals surface area contributed by atoms with Crippen LogP contribution in [0.5, 0.6) is 0 Å². The van der Waals surface area contributed by atoms with E-state index in [1.807, 2.05) is 6.92 Å². The third-order valence-corrected chi connectivity index (χ3v) is 2.07. The number of ether oxygens (including phenoxy) is 1. The lowest BCUT2D eigenvalue weighted by Crippen LogP contribution is -2.37. The van der Waals surface area contributed by atoms with Crippen molar-refractivity contribution in [1.82, 2.24) is 4.90 Å². The number of amides is 1. The first-order valence-electron chi connectivity index (χ1n) is 4.65. The summed E-state index contributed by atoms with van der Waals surface area (Å²) in [5, 5.41) is 0.242. The summed E-state index contributed by atoms with van der Waals surface area (Å²) in [5.41, 5.74) is 0. The van der Waals surface area contributed by atoms with E-state index in [1.165, 1.54) is 4.90 Å². The lowest BCUT2D eigenvalue weighted by molar-refractivity contribution is -0.148. The second-order valence-electron chi connectivity index (χ2n) is 2.75. The first-order chi connectivity index (χ1) is 6.65. The fourth-order valence-electron chi connectivity index (χ4n) is 1.01. The fraction of sp³-hybridized carbons (Fsp3) is 0.778. The van der Waals surface area contributed by atoms with Gasteiger partial charge in [-0.3, -0.25) is 9.59 Å². The third kappa shape index (κ3) is 5.21. The van der Waals surface area contributed by atoms with Crippen LogP contribution in [0.2, 0.25) is 0 Å². The molecule has 14 heavy (non-hydrogen) atoms. The molecule has 0 saturated heterocycles. The van der Waals surface area contributed by atoms with Crippen LogP contribution >= 0.6 is 15.9 Å². The molecule has 0 N–H and O–H groups in total. The number of nitrogens with zero attached hydrogens (tertiary/aromatic N) is 1. The van der Waals surface area contributed by atoms with Crippen LogP contribution in [0.25, 0.3) is 0 Å². The summed E-state index contributed by atoms with van der Waals surface area (Å²) in [6.07, 6.45) is 0.831. The predicted molar refractivity (Wildman–Crippen MR) is 57.3 cm³/mol. The quantitative estimate of drug-likeness (QED) is 0.535. The number of hydrogen-bond donors (Lipinski definition) is 0. The van der Waals surface area contributed by atoms with Crippen LogP contribution in [0.4, 0.5) is 0 Å². The Morgan fingerprint density at radius 1 is 1.36 bits per heavy atom. The summed E-state index contributed by atoms with van der Waals surface area (Å²) in [6.45, 7) is 4.69. The van der Waals surface area contributed by atoms with Gasteiger partial charge in [-0.2, -0.15) is 0 Å². The summed E-state index contributed by atoms with van der Waals surface area (Å²) in [7, 11) is 0. The molecule has 0 heterocycles. The molecule has 0 aliphatic carbocycles. The van der Waals surface area contributed by atoms with Gasteiger partial charge in [-0.1, -0.05) is 22.9 Å². The van der Waals surface area contributed by atoms with Crippen molar-refractivity contribution in [3.8, 4) is 0 Å². The van der Waals surface area contributed by atoms with Crippen molar-refractivity contribution in [2.45, 2.75) is 20.3 Å². The van der Waals surface area contributed by atoms with Crippen LogP contribution in [-0.2, 0) is 14.3 Å². The molecule has 0 rings (SSSR count). The molecule has 82 valence electrons. The van der Waals surface area contributed by atoms with Crippen molar-refractivity contribution in [3.05, 3.63) is 0 Å². The molecule has 4 nitrogen and oxygen atoms in total. The van der Waals surface area contributed by atoms with Crippen LogP contribution in [-0.4, -0.2) is 41.8 Å². The van der Waals surface area contributed by atoms with Crippen LogP contribution in [0, 0.1) is 0 Å².